The van der Waals surface area contributed by atoms with Gasteiger partial charge in [-0.15, -0.1) is 0 Å². The number of amides is 1. The van der Waals surface area contributed by atoms with Crippen LogP contribution in [0.3, 0.4) is 0 Å². The fraction of sp³-hybridized carbons (Fsp3) is 0.600. The molecule has 0 spiro atoms. The number of anilines is 1. The zero-order valence-corrected chi connectivity index (χ0v) is 12.5. The van der Waals surface area contributed by atoms with E-state index < -0.39 is 5.60 Å². The van der Waals surface area contributed by atoms with Crippen molar-refractivity contribution in [3.63, 3.8) is 0 Å². The Bertz CT molecular complexity index is 469. The van der Waals surface area contributed by atoms with E-state index in [-0.39, 0.29) is 5.91 Å². The van der Waals surface area contributed by atoms with Gasteiger partial charge in [-0.2, -0.15) is 0 Å². The van der Waals surface area contributed by atoms with E-state index in [1.54, 1.807) is 25.2 Å². The molecule has 110 valence electrons. The van der Waals surface area contributed by atoms with Gasteiger partial charge < -0.3 is 14.9 Å². The number of carbonyl (C=O) groups is 1. The Morgan fingerprint density at radius 1 is 1.35 bits per heavy atom. The van der Waals surface area contributed by atoms with Crippen LogP contribution in [0, 0.1) is 0 Å². The van der Waals surface area contributed by atoms with Crippen molar-refractivity contribution < 1.29 is 9.90 Å². The van der Waals surface area contributed by atoms with Gasteiger partial charge in [0.15, 0.2) is 0 Å². The average Bonchev–Trinajstić information content (AvgIpc) is 2.59. The molecule has 0 bridgehead atoms. The van der Waals surface area contributed by atoms with E-state index in [1.165, 1.54) is 0 Å². The van der Waals surface area contributed by atoms with E-state index in [9.17, 15) is 9.90 Å². The average molecular weight is 277 g/mol. The van der Waals surface area contributed by atoms with Crippen LogP contribution in [0.4, 0.5) is 5.82 Å². The molecule has 1 aliphatic rings. The van der Waals surface area contributed by atoms with Gasteiger partial charge in [0, 0.05) is 33.4 Å². The van der Waals surface area contributed by atoms with E-state index in [2.05, 4.69) is 9.88 Å². The molecule has 1 N–H and O–H groups in total. The molecule has 20 heavy (non-hydrogen) atoms. The van der Waals surface area contributed by atoms with E-state index >= 15 is 0 Å². The zero-order valence-electron chi connectivity index (χ0n) is 12.5. The molecule has 5 nitrogen and oxygen atoms in total. The number of hydrogen-bond acceptors (Lipinski definition) is 4. The van der Waals surface area contributed by atoms with Crippen LogP contribution in [0.1, 0.15) is 36.5 Å². The van der Waals surface area contributed by atoms with Crippen molar-refractivity contribution in [3.05, 3.63) is 23.9 Å². The van der Waals surface area contributed by atoms with Gasteiger partial charge in [0.2, 0.25) is 0 Å². The summed E-state index contributed by atoms with van der Waals surface area (Å²) in [6.45, 7) is 3.58. The predicted molar refractivity (Wildman–Crippen MR) is 78.9 cm³/mol. The second-order valence-electron chi connectivity index (χ2n) is 5.94. The van der Waals surface area contributed by atoms with Gasteiger partial charge in [-0.1, -0.05) is 0 Å². The van der Waals surface area contributed by atoms with E-state index in [0.29, 0.717) is 5.56 Å². The van der Waals surface area contributed by atoms with E-state index in [4.69, 9.17) is 0 Å². The Morgan fingerprint density at radius 2 is 2.10 bits per heavy atom. The van der Waals surface area contributed by atoms with Crippen LogP contribution < -0.4 is 4.90 Å². The van der Waals surface area contributed by atoms with Gasteiger partial charge in [-0.25, -0.2) is 4.98 Å². The van der Waals surface area contributed by atoms with Crippen molar-refractivity contribution in [2.75, 3.05) is 32.1 Å². The van der Waals surface area contributed by atoms with Gasteiger partial charge in [0.05, 0.1) is 11.2 Å². The van der Waals surface area contributed by atoms with Gasteiger partial charge in [0.25, 0.3) is 5.91 Å². The van der Waals surface area contributed by atoms with Crippen LogP contribution in [0.5, 0.6) is 0 Å². The summed E-state index contributed by atoms with van der Waals surface area (Å²) < 4.78 is 0. The molecule has 0 aliphatic carbocycles. The lowest BCUT2D eigenvalue weighted by atomic mass is 9.98. The lowest BCUT2D eigenvalue weighted by Gasteiger charge is -2.23. The second-order valence-corrected chi connectivity index (χ2v) is 5.94. The highest BCUT2D eigenvalue weighted by molar-refractivity contribution is 5.93. The number of nitrogens with zero attached hydrogens (tertiary/aromatic N) is 3. The molecule has 1 aromatic rings. The summed E-state index contributed by atoms with van der Waals surface area (Å²) in [7, 11) is 3.46. The minimum Gasteiger partial charge on any atom is -0.390 e. The lowest BCUT2D eigenvalue weighted by molar-refractivity contribution is 0.0481. The molecule has 0 radical (unpaired) electrons. The summed E-state index contributed by atoms with van der Waals surface area (Å²) in [6, 6.07) is 3.70. The first-order valence-electron chi connectivity index (χ1n) is 7.04. The Hall–Kier alpha value is -1.62. The van der Waals surface area contributed by atoms with Crippen LogP contribution >= 0.6 is 0 Å². The highest BCUT2D eigenvalue weighted by atomic mass is 16.3. The Kier molecular flexibility index (Phi) is 4.28. The Labute approximate surface area is 120 Å². The van der Waals surface area contributed by atoms with Crippen molar-refractivity contribution in [1.29, 1.82) is 0 Å². The molecule has 0 aromatic carbocycles. The van der Waals surface area contributed by atoms with Crippen LogP contribution in [-0.2, 0) is 0 Å². The maximum absolute atomic E-state index is 11.8. The number of carbonyl (C=O) groups excluding carboxylic acids is 1. The van der Waals surface area contributed by atoms with E-state index in [1.807, 2.05) is 19.1 Å². The molecule has 1 saturated heterocycles. The van der Waals surface area contributed by atoms with Crippen molar-refractivity contribution in [1.82, 2.24) is 9.88 Å². The van der Waals surface area contributed by atoms with Gasteiger partial charge in [-0.3, -0.25) is 4.79 Å². The molecule has 0 saturated carbocycles. The quantitative estimate of drug-likeness (QED) is 0.890. The van der Waals surface area contributed by atoms with Crippen LogP contribution in [0.25, 0.3) is 0 Å². The van der Waals surface area contributed by atoms with Gasteiger partial charge in [-0.05, 0) is 38.3 Å². The van der Waals surface area contributed by atoms with Crippen molar-refractivity contribution in [2.45, 2.75) is 31.8 Å². The zero-order chi connectivity index (χ0) is 14.8. The molecule has 1 unspecified atom stereocenters. The third-order valence-corrected chi connectivity index (χ3v) is 3.79. The minimum absolute atomic E-state index is 0.0390. The fourth-order valence-corrected chi connectivity index (χ4v) is 2.45. The summed E-state index contributed by atoms with van der Waals surface area (Å²) in [5.74, 6) is 0.834. The first kappa shape index (κ1) is 14.8. The highest BCUT2D eigenvalue weighted by Gasteiger charge is 2.25. The van der Waals surface area contributed by atoms with Crippen molar-refractivity contribution >= 4 is 11.7 Å². The van der Waals surface area contributed by atoms with E-state index in [0.717, 1.165) is 38.2 Å². The Morgan fingerprint density at radius 3 is 2.70 bits per heavy atom. The maximum atomic E-state index is 11.8. The van der Waals surface area contributed by atoms with Crippen molar-refractivity contribution in [2.24, 2.45) is 0 Å². The van der Waals surface area contributed by atoms with Gasteiger partial charge in [0.1, 0.15) is 5.82 Å². The molecule has 2 heterocycles. The third kappa shape index (κ3) is 3.48. The normalized spacial score (nSPS) is 23.3. The summed E-state index contributed by atoms with van der Waals surface area (Å²) in [4.78, 5) is 19.9. The first-order chi connectivity index (χ1) is 9.39. The summed E-state index contributed by atoms with van der Waals surface area (Å²) >= 11 is 0. The smallest absolute Gasteiger partial charge is 0.254 e. The molecule has 2 rings (SSSR count). The fourth-order valence-electron chi connectivity index (χ4n) is 2.45. The molecule has 1 aromatic heterocycles. The number of hydrogen-bond donors (Lipinski definition) is 1. The topological polar surface area (TPSA) is 56.7 Å². The monoisotopic (exact) mass is 277 g/mol. The molecule has 5 heteroatoms. The van der Waals surface area contributed by atoms with Crippen LogP contribution in [-0.4, -0.2) is 53.7 Å². The molecule has 1 atom stereocenters. The summed E-state index contributed by atoms with van der Waals surface area (Å²) in [5, 5.41) is 10.1. The number of rotatable bonds is 2. The Balaban J connectivity index is 2.08. The SMILES string of the molecule is CN(C)C(=O)c1ccc(N2CCCC(C)(O)CC2)nc1. The molecular formula is C15H23N3O2. The second kappa shape index (κ2) is 5.79. The first-order valence-corrected chi connectivity index (χ1v) is 7.04. The highest BCUT2D eigenvalue weighted by Crippen LogP contribution is 2.24. The predicted octanol–water partition coefficient (Wildman–Crippen LogP) is 1.52. The summed E-state index contributed by atoms with van der Waals surface area (Å²) in [5.41, 5.74) is 0.0239. The third-order valence-electron chi connectivity index (χ3n) is 3.79. The number of aromatic nitrogens is 1. The molecular weight excluding hydrogens is 254 g/mol. The maximum Gasteiger partial charge on any atom is 0.254 e. The molecule has 1 amide bonds. The van der Waals surface area contributed by atoms with Crippen molar-refractivity contribution in [3.8, 4) is 0 Å². The van der Waals surface area contributed by atoms with Gasteiger partial charge >= 0.3 is 0 Å². The molecule has 1 aliphatic heterocycles. The minimum atomic E-state index is -0.574. The summed E-state index contributed by atoms with van der Waals surface area (Å²) in [6.07, 6.45) is 4.14. The van der Waals surface area contributed by atoms with Crippen LogP contribution in [0.2, 0.25) is 0 Å². The lowest BCUT2D eigenvalue weighted by Crippen LogP contribution is -2.29. The largest absolute Gasteiger partial charge is 0.390 e. The number of aliphatic hydroxyl groups is 1. The standard InChI is InChI=1S/C15H23N3O2/c1-15(20)7-4-9-18(10-8-15)13-6-5-12(11-16-13)14(19)17(2)3/h5-6,11,20H,4,7-10H2,1-3H3. The molecule has 1 fully saturated rings. The van der Waals surface area contributed by atoms with Crippen LogP contribution in [0.15, 0.2) is 18.3 Å². The number of pyridine rings is 1.